The molecule has 0 heterocycles. The van der Waals surface area contributed by atoms with Crippen LogP contribution in [0.5, 0.6) is 0 Å². The molecule has 4 heteroatoms. The van der Waals surface area contributed by atoms with Crippen molar-refractivity contribution in [2.75, 3.05) is 27.1 Å². The van der Waals surface area contributed by atoms with Gasteiger partial charge in [-0.05, 0) is 72.5 Å². The van der Waals surface area contributed by atoms with Crippen molar-refractivity contribution in [3.05, 3.63) is 0 Å². The first kappa shape index (κ1) is 22.2. The Morgan fingerprint density at radius 2 is 1.64 bits per heavy atom. The van der Waals surface area contributed by atoms with Crippen LogP contribution in [0, 0.1) is 39.9 Å². The molecule has 4 nitrogen and oxygen atoms in total. The molecule has 0 N–H and O–H groups in total. The lowest BCUT2D eigenvalue weighted by Crippen LogP contribution is -2.62. The SMILES string of the molecule is COCCOCO[C@H]1CC[C@]2(C)[C@H]3CC[C@@H](C)[C@@H](C=O)[C@]3(C)CC[C@H]2C1(C)C. The molecule has 0 saturated heterocycles. The molecule has 0 unspecified atom stereocenters. The first-order chi connectivity index (χ1) is 13.2. The van der Waals surface area contributed by atoms with Gasteiger partial charge in [0.05, 0.1) is 19.3 Å². The molecule has 0 aromatic carbocycles. The number of ether oxygens (including phenoxy) is 3. The van der Waals surface area contributed by atoms with E-state index in [-0.39, 0.29) is 22.9 Å². The zero-order valence-electron chi connectivity index (χ0n) is 19.0. The fraction of sp³-hybridized carbons (Fsp3) is 0.958. The van der Waals surface area contributed by atoms with Crippen LogP contribution in [-0.2, 0) is 19.0 Å². The number of fused-ring (bicyclic) bond motifs is 3. The summed E-state index contributed by atoms with van der Waals surface area (Å²) in [5.41, 5.74) is 0.588. The van der Waals surface area contributed by atoms with Gasteiger partial charge in [0, 0.05) is 13.0 Å². The summed E-state index contributed by atoms with van der Waals surface area (Å²) in [6, 6.07) is 0. The minimum absolute atomic E-state index is 0.124. The smallest absolute Gasteiger partial charge is 0.147 e. The summed E-state index contributed by atoms with van der Waals surface area (Å²) in [6.07, 6.45) is 8.66. The molecule has 3 aliphatic carbocycles. The van der Waals surface area contributed by atoms with Crippen LogP contribution in [-0.4, -0.2) is 39.5 Å². The predicted octanol–water partition coefficient (Wildman–Crippen LogP) is 5.10. The Morgan fingerprint density at radius 3 is 2.32 bits per heavy atom. The van der Waals surface area contributed by atoms with Gasteiger partial charge in [-0.25, -0.2) is 0 Å². The molecule has 3 saturated carbocycles. The van der Waals surface area contributed by atoms with E-state index in [2.05, 4.69) is 34.6 Å². The van der Waals surface area contributed by atoms with Crippen LogP contribution in [0.4, 0.5) is 0 Å². The van der Waals surface area contributed by atoms with Crippen LogP contribution in [0.15, 0.2) is 0 Å². The van der Waals surface area contributed by atoms with Gasteiger partial charge in [-0.3, -0.25) is 0 Å². The molecule has 162 valence electrons. The Kier molecular flexibility index (Phi) is 6.64. The molecule has 3 rings (SSSR count). The topological polar surface area (TPSA) is 44.8 Å². The van der Waals surface area contributed by atoms with Crippen molar-refractivity contribution in [2.45, 2.75) is 79.2 Å². The van der Waals surface area contributed by atoms with Crippen molar-refractivity contribution in [3.8, 4) is 0 Å². The van der Waals surface area contributed by atoms with E-state index in [1.807, 2.05) is 0 Å². The van der Waals surface area contributed by atoms with Crippen LogP contribution in [0.3, 0.4) is 0 Å². The maximum Gasteiger partial charge on any atom is 0.147 e. The number of hydrogen-bond acceptors (Lipinski definition) is 4. The van der Waals surface area contributed by atoms with E-state index in [4.69, 9.17) is 14.2 Å². The molecule has 7 atom stereocenters. The van der Waals surface area contributed by atoms with Crippen LogP contribution < -0.4 is 0 Å². The minimum atomic E-state index is 0.124. The lowest BCUT2D eigenvalue weighted by molar-refractivity contribution is -0.222. The Balaban J connectivity index is 1.75. The summed E-state index contributed by atoms with van der Waals surface area (Å²) in [5, 5.41) is 0. The lowest BCUT2D eigenvalue weighted by atomic mass is 9.38. The number of rotatable bonds is 7. The van der Waals surface area contributed by atoms with Crippen molar-refractivity contribution in [1.82, 2.24) is 0 Å². The third kappa shape index (κ3) is 3.58. The second kappa shape index (κ2) is 8.35. The maximum absolute atomic E-state index is 12.0. The van der Waals surface area contributed by atoms with Gasteiger partial charge in [0.25, 0.3) is 0 Å². The van der Waals surface area contributed by atoms with Crippen LogP contribution in [0.2, 0.25) is 0 Å². The highest BCUT2D eigenvalue weighted by atomic mass is 16.7. The van der Waals surface area contributed by atoms with E-state index in [0.717, 1.165) is 6.42 Å². The van der Waals surface area contributed by atoms with Gasteiger partial charge in [-0.15, -0.1) is 0 Å². The molecular formula is C24H42O4. The number of aldehydes is 1. The quantitative estimate of drug-likeness (QED) is 0.342. The average molecular weight is 395 g/mol. The van der Waals surface area contributed by atoms with E-state index in [1.54, 1.807) is 7.11 Å². The Morgan fingerprint density at radius 1 is 0.929 bits per heavy atom. The zero-order valence-corrected chi connectivity index (χ0v) is 19.0. The van der Waals surface area contributed by atoms with Crippen molar-refractivity contribution in [3.63, 3.8) is 0 Å². The Labute approximate surface area is 172 Å². The van der Waals surface area contributed by atoms with Crippen LogP contribution >= 0.6 is 0 Å². The highest BCUT2D eigenvalue weighted by molar-refractivity contribution is 5.56. The number of carbonyl (C=O) groups excluding carboxylic acids is 1. The van der Waals surface area contributed by atoms with E-state index in [1.165, 1.54) is 38.4 Å². The molecule has 3 aliphatic rings. The molecule has 28 heavy (non-hydrogen) atoms. The fourth-order valence-corrected chi connectivity index (χ4v) is 7.80. The van der Waals surface area contributed by atoms with Crippen molar-refractivity contribution >= 4 is 6.29 Å². The summed E-state index contributed by atoms with van der Waals surface area (Å²) in [6.45, 7) is 13.6. The molecule has 0 amide bonds. The summed E-state index contributed by atoms with van der Waals surface area (Å²) in [4.78, 5) is 12.0. The Hall–Kier alpha value is -0.450. The zero-order chi connectivity index (χ0) is 20.6. The number of methoxy groups -OCH3 is 1. The minimum Gasteiger partial charge on any atom is -0.382 e. The highest BCUT2D eigenvalue weighted by Gasteiger charge is 2.63. The highest BCUT2D eigenvalue weighted by Crippen LogP contribution is 2.69. The second-order valence-corrected chi connectivity index (χ2v) is 10.9. The molecule has 0 spiro atoms. The molecule has 0 bridgehead atoms. The standard InChI is InChI=1S/C24H42O4/c1-17-7-8-20-23(4,18(17)15-25)11-9-19-22(2,3)21(10-12-24(19,20)5)28-16-27-14-13-26-6/h15,17-21H,7-14,16H2,1-6H3/t17-,18-,19+,20+,21+,23+,24+/m1/s1. The van der Waals surface area contributed by atoms with Crippen molar-refractivity contribution in [2.24, 2.45) is 39.9 Å². The van der Waals surface area contributed by atoms with Gasteiger partial charge in [-0.1, -0.05) is 34.6 Å². The average Bonchev–Trinajstić information content (AvgIpc) is 2.62. The van der Waals surface area contributed by atoms with Crippen LogP contribution in [0.1, 0.15) is 73.1 Å². The maximum atomic E-state index is 12.0. The molecule has 0 aromatic heterocycles. The summed E-state index contributed by atoms with van der Waals surface area (Å²) in [5.74, 6) is 2.02. The number of carbonyl (C=O) groups is 1. The van der Waals surface area contributed by atoms with E-state index in [9.17, 15) is 4.79 Å². The van der Waals surface area contributed by atoms with Crippen LogP contribution in [0.25, 0.3) is 0 Å². The third-order valence-electron chi connectivity index (χ3n) is 9.25. The largest absolute Gasteiger partial charge is 0.382 e. The van der Waals surface area contributed by atoms with Gasteiger partial charge in [0.1, 0.15) is 13.1 Å². The van der Waals surface area contributed by atoms with E-state index < -0.39 is 0 Å². The molecule has 0 aromatic rings. The molecular weight excluding hydrogens is 352 g/mol. The van der Waals surface area contributed by atoms with Gasteiger partial charge in [-0.2, -0.15) is 0 Å². The Bertz CT molecular complexity index is 547. The number of hydrogen-bond donors (Lipinski definition) is 0. The van der Waals surface area contributed by atoms with E-state index >= 15 is 0 Å². The molecule has 0 aliphatic heterocycles. The first-order valence-corrected chi connectivity index (χ1v) is 11.4. The van der Waals surface area contributed by atoms with Gasteiger partial charge in [0.2, 0.25) is 0 Å². The first-order valence-electron chi connectivity index (χ1n) is 11.4. The third-order valence-corrected chi connectivity index (χ3v) is 9.25. The van der Waals surface area contributed by atoms with Crippen molar-refractivity contribution < 1.29 is 19.0 Å². The lowest BCUT2D eigenvalue weighted by Gasteiger charge is -2.67. The van der Waals surface area contributed by atoms with Gasteiger partial charge in [0.15, 0.2) is 0 Å². The second-order valence-electron chi connectivity index (χ2n) is 10.9. The summed E-state index contributed by atoms with van der Waals surface area (Å²) in [7, 11) is 1.69. The van der Waals surface area contributed by atoms with Gasteiger partial charge >= 0.3 is 0 Å². The predicted molar refractivity (Wildman–Crippen MR) is 111 cm³/mol. The summed E-state index contributed by atoms with van der Waals surface area (Å²) >= 11 is 0. The normalized spacial score (nSPS) is 45.1. The molecule has 3 fully saturated rings. The monoisotopic (exact) mass is 394 g/mol. The molecule has 0 radical (unpaired) electrons. The summed E-state index contributed by atoms with van der Waals surface area (Å²) < 4.78 is 16.9. The van der Waals surface area contributed by atoms with Gasteiger partial charge < -0.3 is 19.0 Å². The van der Waals surface area contributed by atoms with E-state index in [0.29, 0.717) is 43.2 Å². The van der Waals surface area contributed by atoms with Crippen molar-refractivity contribution in [1.29, 1.82) is 0 Å². The fourth-order valence-electron chi connectivity index (χ4n) is 7.80.